The lowest BCUT2D eigenvalue weighted by Crippen LogP contribution is -2.54. The Morgan fingerprint density at radius 2 is 2.29 bits per heavy atom. The third-order valence-electron chi connectivity index (χ3n) is 2.88. The van der Waals surface area contributed by atoms with Crippen LogP contribution in [-0.2, 0) is 9.59 Å². The van der Waals surface area contributed by atoms with Crippen LogP contribution in [0.15, 0.2) is 0 Å². The number of carbonyl (C=O) groups is 2. The highest BCUT2D eigenvalue weighted by Crippen LogP contribution is 2.14. The van der Waals surface area contributed by atoms with Crippen molar-refractivity contribution in [1.82, 2.24) is 10.2 Å². The number of Topliss-reactive ketones (excluding diaryl/α,β-unsaturated/α-hetero) is 1. The summed E-state index contributed by atoms with van der Waals surface area (Å²) in [6, 6.07) is -0.385. The van der Waals surface area contributed by atoms with Crippen LogP contribution < -0.4 is 5.32 Å². The van der Waals surface area contributed by atoms with Gasteiger partial charge in [-0.3, -0.25) is 9.59 Å². The second kappa shape index (κ2) is 4.55. The van der Waals surface area contributed by atoms with E-state index in [1.54, 1.807) is 18.9 Å². The molecule has 1 aliphatic heterocycles. The van der Waals surface area contributed by atoms with Crippen molar-refractivity contribution in [2.75, 3.05) is 13.6 Å². The Bertz CT molecular complexity index is 240. The molecule has 0 aromatic heterocycles. The van der Waals surface area contributed by atoms with Crippen molar-refractivity contribution in [3.63, 3.8) is 0 Å². The van der Waals surface area contributed by atoms with Crippen LogP contribution in [0.4, 0.5) is 0 Å². The lowest BCUT2D eigenvalue weighted by atomic mass is 10.0. The number of likely N-dealkylation sites (N-methyl/N-ethyl adjacent to an activating group) is 1. The zero-order chi connectivity index (χ0) is 10.7. The maximum atomic E-state index is 11.8. The fraction of sp³-hybridized carbons (Fsp3) is 0.800. The van der Waals surface area contributed by atoms with Gasteiger partial charge in [0.1, 0.15) is 0 Å². The number of carbonyl (C=O) groups excluding carboxylic acids is 2. The quantitative estimate of drug-likeness (QED) is 0.703. The fourth-order valence-corrected chi connectivity index (χ4v) is 1.77. The average Bonchev–Trinajstić information content (AvgIpc) is 2.17. The van der Waals surface area contributed by atoms with Crippen molar-refractivity contribution in [3.05, 3.63) is 0 Å². The van der Waals surface area contributed by atoms with Gasteiger partial charge < -0.3 is 10.2 Å². The second-order valence-electron chi connectivity index (χ2n) is 3.80. The first-order valence-electron chi connectivity index (χ1n) is 5.06. The highest BCUT2D eigenvalue weighted by atomic mass is 16.2. The molecular formula is C10H18N2O2. The van der Waals surface area contributed by atoms with Crippen LogP contribution in [0.1, 0.15) is 26.7 Å². The van der Waals surface area contributed by atoms with Gasteiger partial charge in [0, 0.05) is 6.54 Å². The molecule has 1 fully saturated rings. The SMILES string of the molecule is CNC1CCCN(C(C)C(C)=O)C1=O. The molecule has 1 heterocycles. The summed E-state index contributed by atoms with van der Waals surface area (Å²) < 4.78 is 0. The van der Waals surface area contributed by atoms with E-state index in [2.05, 4.69) is 5.32 Å². The van der Waals surface area contributed by atoms with E-state index in [0.717, 1.165) is 12.8 Å². The van der Waals surface area contributed by atoms with E-state index < -0.39 is 0 Å². The number of amides is 1. The minimum atomic E-state index is -0.279. The Morgan fingerprint density at radius 1 is 1.64 bits per heavy atom. The molecular weight excluding hydrogens is 180 g/mol. The smallest absolute Gasteiger partial charge is 0.240 e. The number of likely N-dealkylation sites (tertiary alicyclic amines) is 1. The van der Waals surface area contributed by atoms with Crippen LogP contribution in [-0.4, -0.2) is 42.3 Å². The Labute approximate surface area is 84.7 Å². The van der Waals surface area contributed by atoms with Crippen molar-refractivity contribution in [1.29, 1.82) is 0 Å². The van der Waals surface area contributed by atoms with E-state index in [4.69, 9.17) is 0 Å². The molecule has 4 heteroatoms. The van der Waals surface area contributed by atoms with Crippen LogP contribution >= 0.6 is 0 Å². The topological polar surface area (TPSA) is 49.4 Å². The molecule has 2 unspecified atom stereocenters. The van der Waals surface area contributed by atoms with Crippen molar-refractivity contribution in [2.24, 2.45) is 0 Å². The predicted octanol–water partition coefficient (Wildman–Crippen LogP) is 0.174. The first kappa shape index (κ1) is 11.2. The Hall–Kier alpha value is -0.900. The Kier molecular flexibility index (Phi) is 3.63. The summed E-state index contributed by atoms with van der Waals surface area (Å²) in [5.74, 6) is 0.108. The number of hydrogen-bond acceptors (Lipinski definition) is 3. The maximum Gasteiger partial charge on any atom is 0.240 e. The predicted molar refractivity (Wildman–Crippen MR) is 53.9 cm³/mol. The molecule has 80 valence electrons. The minimum absolute atomic E-state index is 0.0510. The van der Waals surface area contributed by atoms with E-state index in [1.165, 1.54) is 6.92 Å². The lowest BCUT2D eigenvalue weighted by molar-refractivity contribution is -0.142. The van der Waals surface area contributed by atoms with Gasteiger partial charge in [-0.2, -0.15) is 0 Å². The number of ketones is 1. The monoisotopic (exact) mass is 198 g/mol. The summed E-state index contributed by atoms with van der Waals surface area (Å²) in [7, 11) is 1.78. The molecule has 1 N–H and O–H groups in total. The molecule has 0 radical (unpaired) electrons. The van der Waals surface area contributed by atoms with Gasteiger partial charge >= 0.3 is 0 Å². The van der Waals surface area contributed by atoms with Gasteiger partial charge in [0.25, 0.3) is 0 Å². The zero-order valence-corrected chi connectivity index (χ0v) is 9.04. The number of hydrogen-bond donors (Lipinski definition) is 1. The molecule has 0 aliphatic carbocycles. The van der Waals surface area contributed by atoms with Crippen LogP contribution in [0.2, 0.25) is 0 Å². The maximum absolute atomic E-state index is 11.8. The van der Waals surface area contributed by atoms with E-state index >= 15 is 0 Å². The Balaban J connectivity index is 2.69. The summed E-state index contributed by atoms with van der Waals surface area (Å²) >= 11 is 0. The van der Waals surface area contributed by atoms with Crippen molar-refractivity contribution < 1.29 is 9.59 Å². The van der Waals surface area contributed by atoms with Crippen LogP contribution in [0.25, 0.3) is 0 Å². The fourth-order valence-electron chi connectivity index (χ4n) is 1.77. The molecule has 14 heavy (non-hydrogen) atoms. The number of nitrogens with zero attached hydrogens (tertiary/aromatic N) is 1. The molecule has 0 saturated carbocycles. The summed E-state index contributed by atoms with van der Waals surface area (Å²) in [4.78, 5) is 24.7. The summed E-state index contributed by atoms with van der Waals surface area (Å²) in [5.41, 5.74) is 0. The zero-order valence-electron chi connectivity index (χ0n) is 9.04. The van der Waals surface area contributed by atoms with Crippen LogP contribution in [0, 0.1) is 0 Å². The molecule has 2 atom stereocenters. The van der Waals surface area contributed by atoms with E-state index in [1.807, 2.05) is 0 Å². The third kappa shape index (κ3) is 2.12. The minimum Gasteiger partial charge on any atom is -0.332 e. The van der Waals surface area contributed by atoms with Crippen molar-refractivity contribution >= 4 is 11.7 Å². The number of rotatable bonds is 3. The Morgan fingerprint density at radius 3 is 2.79 bits per heavy atom. The summed E-state index contributed by atoms with van der Waals surface area (Å²) in [5, 5.41) is 2.97. The molecule has 1 saturated heterocycles. The lowest BCUT2D eigenvalue weighted by Gasteiger charge is -2.35. The van der Waals surface area contributed by atoms with E-state index in [-0.39, 0.29) is 23.8 Å². The van der Waals surface area contributed by atoms with Gasteiger partial charge in [-0.25, -0.2) is 0 Å². The van der Waals surface area contributed by atoms with Gasteiger partial charge in [-0.05, 0) is 33.7 Å². The van der Waals surface area contributed by atoms with Crippen LogP contribution in [0.3, 0.4) is 0 Å². The molecule has 0 spiro atoms. The highest BCUT2D eigenvalue weighted by Gasteiger charge is 2.31. The van der Waals surface area contributed by atoms with Crippen LogP contribution in [0.5, 0.6) is 0 Å². The molecule has 0 bridgehead atoms. The van der Waals surface area contributed by atoms with Gasteiger partial charge in [0.05, 0.1) is 12.1 Å². The first-order valence-corrected chi connectivity index (χ1v) is 5.06. The van der Waals surface area contributed by atoms with Gasteiger partial charge in [0.15, 0.2) is 5.78 Å². The summed E-state index contributed by atoms with van der Waals surface area (Å²) in [6.07, 6.45) is 1.84. The molecule has 0 aromatic rings. The van der Waals surface area contributed by atoms with E-state index in [0.29, 0.717) is 6.54 Å². The highest BCUT2D eigenvalue weighted by molar-refractivity contribution is 5.89. The molecule has 0 aromatic carbocycles. The molecule has 4 nitrogen and oxygen atoms in total. The average molecular weight is 198 g/mol. The molecule has 1 aliphatic rings. The standard InChI is InChI=1S/C10H18N2O2/c1-7(8(2)13)12-6-4-5-9(11-3)10(12)14/h7,9,11H,4-6H2,1-3H3. The normalized spacial score (nSPS) is 24.9. The van der Waals surface area contributed by atoms with Crippen molar-refractivity contribution in [3.8, 4) is 0 Å². The third-order valence-corrected chi connectivity index (χ3v) is 2.88. The number of piperidine rings is 1. The van der Waals surface area contributed by atoms with E-state index in [9.17, 15) is 9.59 Å². The molecule has 1 amide bonds. The van der Waals surface area contributed by atoms with Gasteiger partial charge in [-0.1, -0.05) is 0 Å². The van der Waals surface area contributed by atoms with Gasteiger partial charge in [0.2, 0.25) is 5.91 Å². The van der Waals surface area contributed by atoms with Crippen molar-refractivity contribution in [2.45, 2.75) is 38.8 Å². The van der Waals surface area contributed by atoms with Gasteiger partial charge in [-0.15, -0.1) is 0 Å². The number of nitrogens with one attached hydrogen (secondary N) is 1. The summed E-state index contributed by atoms with van der Waals surface area (Å²) in [6.45, 7) is 4.02. The largest absolute Gasteiger partial charge is 0.332 e. The molecule has 1 rings (SSSR count). The second-order valence-corrected chi connectivity index (χ2v) is 3.80. The first-order chi connectivity index (χ1) is 6.57.